The normalized spacial score (nSPS) is 23.6. The number of carbonyl (C=O) groups is 1. The standard InChI is InChI=1S/C17H25N3O4S/c1-18(15-6-11-25(23,24)13-15)17(22)12-19-7-9-20(10-8-19)14-2-4-16(21)5-3-14/h2-5,15,21H,6-13H2,1H3/t15-/m0/s1. The van der Waals surface area contributed by atoms with Crippen molar-refractivity contribution >= 4 is 21.4 Å². The Bertz CT molecular complexity index is 712. The van der Waals surface area contributed by atoms with E-state index in [0.717, 1.165) is 31.9 Å². The summed E-state index contributed by atoms with van der Waals surface area (Å²) < 4.78 is 23.2. The number of aromatic hydroxyl groups is 1. The lowest BCUT2D eigenvalue weighted by molar-refractivity contribution is -0.132. The Morgan fingerprint density at radius 2 is 1.84 bits per heavy atom. The number of nitrogens with zero attached hydrogens (tertiary/aromatic N) is 3. The quantitative estimate of drug-likeness (QED) is 0.817. The van der Waals surface area contributed by atoms with Gasteiger partial charge in [0, 0.05) is 45.0 Å². The fraction of sp³-hybridized carbons (Fsp3) is 0.588. The maximum atomic E-state index is 12.4. The Morgan fingerprint density at radius 1 is 1.20 bits per heavy atom. The van der Waals surface area contributed by atoms with E-state index < -0.39 is 9.84 Å². The lowest BCUT2D eigenvalue weighted by atomic mass is 10.2. The van der Waals surface area contributed by atoms with Crippen molar-refractivity contribution < 1.29 is 18.3 Å². The zero-order valence-electron chi connectivity index (χ0n) is 14.5. The molecule has 138 valence electrons. The monoisotopic (exact) mass is 367 g/mol. The first kappa shape index (κ1) is 18.0. The molecule has 1 amide bonds. The summed E-state index contributed by atoms with van der Waals surface area (Å²) >= 11 is 0. The fourth-order valence-corrected chi connectivity index (χ4v) is 5.19. The van der Waals surface area contributed by atoms with E-state index in [0.29, 0.717) is 13.0 Å². The van der Waals surface area contributed by atoms with E-state index in [-0.39, 0.29) is 29.2 Å². The SMILES string of the molecule is CN(C(=O)CN1CCN(c2ccc(O)cc2)CC1)[C@H]1CCS(=O)(=O)C1. The second-order valence-electron chi connectivity index (χ2n) is 6.84. The molecule has 0 radical (unpaired) electrons. The van der Waals surface area contributed by atoms with Crippen molar-refractivity contribution in [2.24, 2.45) is 0 Å². The first-order valence-electron chi connectivity index (χ1n) is 8.56. The van der Waals surface area contributed by atoms with Gasteiger partial charge in [-0.15, -0.1) is 0 Å². The van der Waals surface area contributed by atoms with Crippen LogP contribution in [0.5, 0.6) is 5.75 Å². The molecule has 0 saturated carbocycles. The van der Waals surface area contributed by atoms with Crippen LogP contribution >= 0.6 is 0 Å². The van der Waals surface area contributed by atoms with E-state index in [4.69, 9.17) is 0 Å². The van der Waals surface area contributed by atoms with E-state index in [2.05, 4.69) is 9.80 Å². The van der Waals surface area contributed by atoms with Gasteiger partial charge in [0.25, 0.3) is 0 Å². The van der Waals surface area contributed by atoms with Gasteiger partial charge in [0.05, 0.1) is 18.1 Å². The fourth-order valence-electron chi connectivity index (χ4n) is 3.41. The van der Waals surface area contributed by atoms with E-state index in [9.17, 15) is 18.3 Å². The molecule has 0 unspecified atom stereocenters. The Kier molecular flexibility index (Phi) is 5.19. The third-order valence-corrected chi connectivity index (χ3v) is 6.85. The highest BCUT2D eigenvalue weighted by molar-refractivity contribution is 7.91. The highest BCUT2D eigenvalue weighted by Gasteiger charge is 2.33. The number of piperazine rings is 1. The zero-order valence-corrected chi connectivity index (χ0v) is 15.3. The number of phenols is 1. The summed E-state index contributed by atoms with van der Waals surface area (Å²) in [7, 11) is -1.27. The van der Waals surface area contributed by atoms with E-state index >= 15 is 0 Å². The van der Waals surface area contributed by atoms with Crippen molar-refractivity contribution in [2.45, 2.75) is 12.5 Å². The van der Waals surface area contributed by atoms with Crippen molar-refractivity contribution in [1.29, 1.82) is 0 Å². The van der Waals surface area contributed by atoms with Gasteiger partial charge in [-0.3, -0.25) is 9.69 Å². The van der Waals surface area contributed by atoms with Crippen LogP contribution in [-0.4, -0.2) is 86.6 Å². The highest BCUT2D eigenvalue weighted by Crippen LogP contribution is 2.20. The smallest absolute Gasteiger partial charge is 0.236 e. The highest BCUT2D eigenvalue weighted by atomic mass is 32.2. The summed E-state index contributed by atoms with van der Waals surface area (Å²) in [6.45, 7) is 3.53. The number of rotatable bonds is 4. The number of benzene rings is 1. The number of sulfone groups is 1. The van der Waals surface area contributed by atoms with Crippen LogP contribution in [0.4, 0.5) is 5.69 Å². The summed E-state index contributed by atoms with van der Waals surface area (Å²) in [4.78, 5) is 18.4. The molecule has 3 rings (SSSR count). The number of hydrogen-bond acceptors (Lipinski definition) is 6. The van der Waals surface area contributed by atoms with E-state index in [1.165, 1.54) is 0 Å². The molecule has 1 aromatic rings. The van der Waals surface area contributed by atoms with Crippen molar-refractivity contribution in [1.82, 2.24) is 9.80 Å². The molecule has 25 heavy (non-hydrogen) atoms. The minimum absolute atomic E-state index is 0.0137. The predicted molar refractivity (Wildman–Crippen MR) is 96.6 cm³/mol. The second kappa shape index (κ2) is 7.21. The minimum atomic E-state index is -2.98. The van der Waals surface area contributed by atoms with Gasteiger partial charge in [-0.1, -0.05) is 0 Å². The lowest BCUT2D eigenvalue weighted by Gasteiger charge is -2.36. The van der Waals surface area contributed by atoms with Gasteiger partial charge in [0.1, 0.15) is 5.75 Å². The Morgan fingerprint density at radius 3 is 2.40 bits per heavy atom. The topological polar surface area (TPSA) is 81.2 Å². The van der Waals surface area contributed by atoms with Gasteiger partial charge < -0.3 is 14.9 Å². The summed E-state index contributed by atoms with van der Waals surface area (Å²) in [6.07, 6.45) is 0.541. The Labute approximate surface area is 148 Å². The molecule has 0 spiro atoms. The first-order chi connectivity index (χ1) is 11.8. The second-order valence-corrected chi connectivity index (χ2v) is 9.07. The van der Waals surface area contributed by atoms with Crippen LogP contribution in [0, 0.1) is 0 Å². The number of anilines is 1. The molecular weight excluding hydrogens is 342 g/mol. The lowest BCUT2D eigenvalue weighted by Crippen LogP contribution is -2.51. The van der Waals surface area contributed by atoms with Gasteiger partial charge in [-0.05, 0) is 30.7 Å². The van der Waals surface area contributed by atoms with Crippen molar-refractivity contribution in [3.63, 3.8) is 0 Å². The molecule has 2 heterocycles. The molecule has 1 aromatic carbocycles. The number of likely N-dealkylation sites (N-methyl/N-ethyl adjacent to an activating group) is 1. The van der Waals surface area contributed by atoms with Gasteiger partial charge in [0.2, 0.25) is 5.91 Å². The molecule has 2 fully saturated rings. The predicted octanol–water partition coefficient (Wildman–Crippen LogP) is 0.160. The Hall–Kier alpha value is -1.80. The largest absolute Gasteiger partial charge is 0.508 e. The number of amides is 1. The van der Waals surface area contributed by atoms with Crippen LogP contribution in [0.3, 0.4) is 0 Å². The summed E-state index contributed by atoms with van der Waals surface area (Å²) in [5, 5.41) is 9.36. The molecule has 8 heteroatoms. The van der Waals surface area contributed by atoms with Gasteiger partial charge >= 0.3 is 0 Å². The van der Waals surface area contributed by atoms with Gasteiger partial charge in [-0.25, -0.2) is 8.42 Å². The van der Waals surface area contributed by atoms with Crippen LogP contribution in [-0.2, 0) is 14.6 Å². The summed E-state index contributed by atoms with van der Waals surface area (Å²) in [5.41, 5.74) is 1.07. The molecule has 0 bridgehead atoms. The third-order valence-electron chi connectivity index (χ3n) is 5.10. The van der Waals surface area contributed by atoms with Gasteiger partial charge in [0.15, 0.2) is 9.84 Å². The van der Waals surface area contributed by atoms with Crippen LogP contribution in [0.1, 0.15) is 6.42 Å². The van der Waals surface area contributed by atoms with Crippen LogP contribution in [0.15, 0.2) is 24.3 Å². The molecule has 2 aliphatic heterocycles. The van der Waals surface area contributed by atoms with E-state index in [1.807, 2.05) is 12.1 Å². The number of carbonyl (C=O) groups excluding carboxylic acids is 1. The summed E-state index contributed by atoms with van der Waals surface area (Å²) in [5.74, 6) is 0.509. The van der Waals surface area contributed by atoms with E-state index in [1.54, 1.807) is 24.1 Å². The molecule has 2 aliphatic rings. The van der Waals surface area contributed by atoms with Crippen molar-refractivity contribution in [3.8, 4) is 5.75 Å². The van der Waals surface area contributed by atoms with Crippen LogP contribution in [0.25, 0.3) is 0 Å². The molecule has 2 saturated heterocycles. The average Bonchev–Trinajstić information content (AvgIpc) is 2.95. The summed E-state index contributed by atoms with van der Waals surface area (Å²) in [6, 6.07) is 6.96. The molecule has 0 aromatic heterocycles. The molecular formula is C17H25N3O4S. The Balaban J connectivity index is 1.48. The van der Waals surface area contributed by atoms with Crippen LogP contribution in [0.2, 0.25) is 0 Å². The first-order valence-corrected chi connectivity index (χ1v) is 10.4. The maximum Gasteiger partial charge on any atom is 0.236 e. The zero-order chi connectivity index (χ0) is 18.0. The number of phenolic OH excluding ortho intramolecular Hbond substituents is 1. The maximum absolute atomic E-state index is 12.4. The minimum Gasteiger partial charge on any atom is -0.508 e. The molecule has 7 nitrogen and oxygen atoms in total. The van der Waals surface area contributed by atoms with Crippen molar-refractivity contribution in [3.05, 3.63) is 24.3 Å². The molecule has 0 aliphatic carbocycles. The molecule has 1 N–H and O–H groups in total. The van der Waals surface area contributed by atoms with Gasteiger partial charge in [-0.2, -0.15) is 0 Å². The number of hydrogen-bond donors (Lipinski definition) is 1. The molecule has 1 atom stereocenters. The third kappa shape index (κ3) is 4.43. The van der Waals surface area contributed by atoms with Crippen LogP contribution < -0.4 is 4.90 Å². The van der Waals surface area contributed by atoms with Crippen molar-refractivity contribution in [2.75, 3.05) is 56.2 Å². The average molecular weight is 367 g/mol.